The number of hydrogen-bond donors (Lipinski definition) is 1. The van der Waals surface area contributed by atoms with Gasteiger partial charge in [-0.3, -0.25) is 5.84 Å². The molecule has 1 fully saturated rings. The molecule has 48 valence electrons. The molecule has 0 aromatic carbocycles. The van der Waals surface area contributed by atoms with Crippen LogP contribution in [0.4, 0.5) is 0 Å². The van der Waals surface area contributed by atoms with Gasteiger partial charge in [0, 0.05) is 17.0 Å². The van der Waals surface area contributed by atoms with Gasteiger partial charge in [0.2, 0.25) is 0 Å². The monoisotopic (exact) mass is 226 g/mol. The molecule has 0 aromatic heterocycles. The van der Waals surface area contributed by atoms with E-state index in [2.05, 4.69) is 22.6 Å². The van der Waals surface area contributed by atoms with E-state index in [9.17, 15) is 0 Å². The first kappa shape index (κ1) is 6.77. The molecule has 8 heavy (non-hydrogen) atoms. The Morgan fingerprint density at radius 1 is 1.62 bits per heavy atom. The molecule has 0 amide bonds. The van der Waals surface area contributed by atoms with Crippen LogP contribution in [0.5, 0.6) is 0 Å². The molecular formula is C5H11IN2. The number of nitrogens with zero attached hydrogens (tertiary/aromatic N) is 1. The summed E-state index contributed by atoms with van der Waals surface area (Å²) in [6, 6.07) is 0. The SMILES string of the molecule is NN1CCCC(I)C1. The number of alkyl halides is 1. The predicted molar refractivity (Wildman–Crippen MR) is 42.8 cm³/mol. The third kappa shape index (κ3) is 1.87. The second-order valence-electron chi connectivity index (χ2n) is 2.23. The zero-order valence-electron chi connectivity index (χ0n) is 4.81. The van der Waals surface area contributed by atoms with Crippen LogP contribution >= 0.6 is 22.6 Å². The predicted octanol–water partition coefficient (Wildman–Crippen LogP) is 0.759. The summed E-state index contributed by atoms with van der Waals surface area (Å²) in [5.41, 5.74) is 0. The lowest BCUT2D eigenvalue weighted by molar-refractivity contribution is 0.245. The van der Waals surface area contributed by atoms with Gasteiger partial charge in [0.15, 0.2) is 0 Å². The molecule has 1 unspecified atom stereocenters. The van der Waals surface area contributed by atoms with E-state index in [0.29, 0.717) is 0 Å². The van der Waals surface area contributed by atoms with Crippen LogP contribution in [0.15, 0.2) is 0 Å². The maximum atomic E-state index is 5.55. The van der Waals surface area contributed by atoms with Gasteiger partial charge in [0.1, 0.15) is 0 Å². The molecule has 2 N–H and O–H groups in total. The summed E-state index contributed by atoms with van der Waals surface area (Å²) in [7, 11) is 0. The van der Waals surface area contributed by atoms with Gasteiger partial charge in [-0.25, -0.2) is 5.01 Å². The van der Waals surface area contributed by atoms with E-state index in [-0.39, 0.29) is 0 Å². The van der Waals surface area contributed by atoms with Crippen molar-refractivity contribution >= 4 is 22.6 Å². The summed E-state index contributed by atoms with van der Waals surface area (Å²) in [6.07, 6.45) is 2.61. The summed E-state index contributed by atoms with van der Waals surface area (Å²) < 4.78 is 0.784. The molecule has 0 radical (unpaired) electrons. The van der Waals surface area contributed by atoms with Crippen LogP contribution in [-0.4, -0.2) is 22.0 Å². The van der Waals surface area contributed by atoms with Crippen molar-refractivity contribution in [3.05, 3.63) is 0 Å². The van der Waals surface area contributed by atoms with Crippen molar-refractivity contribution in [3.63, 3.8) is 0 Å². The summed E-state index contributed by atoms with van der Waals surface area (Å²) in [5, 5.41) is 1.90. The first-order chi connectivity index (χ1) is 3.79. The molecule has 0 bridgehead atoms. The van der Waals surface area contributed by atoms with Crippen molar-refractivity contribution in [2.75, 3.05) is 13.1 Å². The third-order valence-corrected chi connectivity index (χ3v) is 2.41. The summed E-state index contributed by atoms with van der Waals surface area (Å²) in [4.78, 5) is 0. The highest BCUT2D eigenvalue weighted by molar-refractivity contribution is 14.1. The minimum atomic E-state index is 0.784. The topological polar surface area (TPSA) is 29.3 Å². The molecule has 1 rings (SSSR count). The molecule has 1 heterocycles. The van der Waals surface area contributed by atoms with E-state index >= 15 is 0 Å². The average molecular weight is 226 g/mol. The Kier molecular flexibility index (Phi) is 2.52. The lowest BCUT2D eigenvalue weighted by Gasteiger charge is -2.25. The number of piperidine rings is 1. The van der Waals surface area contributed by atoms with Gasteiger partial charge in [-0.15, -0.1) is 0 Å². The summed E-state index contributed by atoms with van der Waals surface area (Å²) in [6.45, 7) is 2.15. The van der Waals surface area contributed by atoms with Crippen LogP contribution in [0.25, 0.3) is 0 Å². The molecule has 0 aromatic rings. The Morgan fingerprint density at radius 3 is 2.75 bits per heavy atom. The quantitative estimate of drug-likeness (QED) is 0.375. The van der Waals surface area contributed by atoms with Gasteiger partial charge in [0.05, 0.1) is 0 Å². The van der Waals surface area contributed by atoms with Gasteiger partial charge in [-0.1, -0.05) is 22.6 Å². The van der Waals surface area contributed by atoms with Crippen molar-refractivity contribution < 1.29 is 0 Å². The highest BCUT2D eigenvalue weighted by Crippen LogP contribution is 2.14. The van der Waals surface area contributed by atoms with E-state index in [1.165, 1.54) is 12.8 Å². The fraction of sp³-hybridized carbons (Fsp3) is 1.00. The lowest BCUT2D eigenvalue weighted by Crippen LogP contribution is -2.40. The maximum Gasteiger partial charge on any atom is 0.0251 e. The van der Waals surface area contributed by atoms with Crippen molar-refractivity contribution in [3.8, 4) is 0 Å². The van der Waals surface area contributed by atoms with Gasteiger partial charge >= 0.3 is 0 Å². The van der Waals surface area contributed by atoms with Crippen molar-refractivity contribution in [2.24, 2.45) is 5.84 Å². The van der Waals surface area contributed by atoms with Gasteiger partial charge in [0.25, 0.3) is 0 Å². The average Bonchev–Trinajstić information content (AvgIpc) is 1.64. The van der Waals surface area contributed by atoms with E-state index < -0.39 is 0 Å². The fourth-order valence-electron chi connectivity index (χ4n) is 0.953. The Bertz CT molecular complexity index is 68.8. The standard InChI is InChI=1S/C5H11IN2/c6-5-2-1-3-8(7)4-5/h5H,1-4,7H2. The maximum absolute atomic E-state index is 5.55. The van der Waals surface area contributed by atoms with Crippen LogP contribution in [0, 0.1) is 0 Å². The number of nitrogens with two attached hydrogens (primary N) is 1. The summed E-state index contributed by atoms with van der Waals surface area (Å²) in [5.74, 6) is 5.55. The zero-order chi connectivity index (χ0) is 5.98. The Hall–Kier alpha value is 0.650. The number of hydrogen-bond acceptors (Lipinski definition) is 2. The largest absolute Gasteiger partial charge is 0.269 e. The van der Waals surface area contributed by atoms with Crippen LogP contribution in [0.1, 0.15) is 12.8 Å². The van der Waals surface area contributed by atoms with E-state index in [0.717, 1.165) is 17.0 Å². The van der Waals surface area contributed by atoms with Crippen molar-refractivity contribution in [1.82, 2.24) is 5.01 Å². The van der Waals surface area contributed by atoms with Gasteiger partial charge < -0.3 is 0 Å². The molecule has 3 heteroatoms. The van der Waals surface area contributed by atoms with Gasteiger partial charge in [-0.05, 0) is 12.8 Å². The van der Waals surface area contributed by atoms with E-state index in [4.69, 9.17) is 5.84 Å². The Morgan fingerprint density at radius 2 is 2.38 bits per heavy atom. The van der Waals surface area contributed by atoms with Crippen LogP contribution in [0.2, 0.25) is 0 Å². The minimum Gasteiger partial charge on any atom is -0.269 e. The molecule has 1 aliphatic rings. The van der Waals surface area contributed by atoms with E-state index in [1.807, 2.05) is 5.01 Å². The third-order valence-electron chi connectivity index (χ3n) is 1.40. The van der Waals surface area contributed by atoms with Crippen molar-refractivity contribution in [1.29, 1.82) is 0 Å². The lowest BCUT2D eigenvalue weighted by atomic mass is 10.2. The molecular weight excluding hydrogens is 215 g/mol. The Labute approximate surface area is 63.5 Å². The zero-order valence-corrected chi connectivity index (χ0v) is 6.97. The first-order valence-corrected chi connectivity index (χ1v) is 4.17. The first-order valence-electron chi connectivity index (χ1n) is 2.93. The second-order valence-corrected chi connectivity index (χ2v) is 4.00. The molecule has 2 nitrogen and oxygen atoms in total. The molecule has 0 saturated carbocycles. The molecule has 1 aliphatic heterocycles. The smallest absolute Gasteiger partial charge is 0.0251 e. The molecule has 0 aliphatic carbocycles. The fourth-order valence-corrected chi connectivity index (χ4v) is 1.90. The minimum absolute atomic E-state index is 0.784. The van der Waals surface area contributed by atoms with Crippen LogP contribution in [-0.2, 0) is 0 Å². The molecule has 1 atom stereocenters. The number of halogens is 1. The number of hydrazine groups is 1. The summed E-state index contributed by atoms with van der Waals surface area (Å²) >= 11 is 2.45. The number of rotatable bonds is 0. The van der Waals surface area contributed by atoms with E-state index in [1.54, 1.807) is 0 Å². The molecule has 0 spiro atoms. The molecule has 1 saturated heterocycles. The Balaban J connectivity index is 2.23. The van der Waals surface area contributed by atoms with Crippen LogP contribution < -0.4 is 5.84 Å². The second kappa shape index (κ2) is 2.98. The highest BCUT2D eigenvalue weighted by atomic mass is 127. The van der Waals surface area contributed by atoms with Crippen molar-refractivity contribution in [2.45, 2.75) is 16.8 Å². The normalized spacial score (nSPS) is 33.0. The van der Waals surface area contributed by atoms with Gasteiger partial charge in [-0.2, -0.15) is 0 Å². The van der Waals surface area contributed by atoms with Crippen LogP contribution in [0.3, 0.4) is 0 Å². The highest BCUT2D eigenvalue weighted by Gasteiger charge is 2.13.